The van der Waals surface area contributed by atoms with Crippen molar-refractivity contribution in [2.75, 3.05) is 18.9 Å². The SMILES string of the molecule is CCOC(=O)CCN1C(=O)CSC1c1cccs1. The van der Waals surface area contributed by atoms with Crippen molar-refractivity contribution in [2.24, 2.45) is 0 Å². The number of rotatable bonds is 5. The number of ether oxygens (including phenoxy) is 1. The molecule has 0 aromatic carbocycles. The van der Waals surface area contributed by atoms with Crippen LogP contribution >= 0.6 is 23.1 Å². The highest BCUT2D eigenvalue weighted by Gasteiger charge is 2.33. The molecular weight excluding hydrogens is 270 g/mol. The molecule has 0 bridgehead atoms. The van der Waals surface area contributed by atoms with E-state index in [4.69, 9.17) is 4.74 Å². The monoisotopic (exact) mass is 285 g/mol. The molecule has 1 aromatic rings. The van der Waals surface area contributed by atoms with Crippen molar-refractivity contribution in [3.05, 3.63) is 22.4 Å². The van der Waals surface area contributed by atoms with E-state index in [2.05, 4.69) is 0 Å². The largest absolute Gasteiger partial charge is 0.466 e. The Bertz CT molecular complexity index is 419. The van der Waals surface area contributed by atoms with Gasteiger partial charge >= 0.3 is 5.97 Å². The Morgan fingerprint density at radius 1 is 1.61 bits per heavy atom. The van der Waals surface area contributed by atoms with Crippen molar-refractivity contribution in [2.45, 2.75) is 18.7 Å². The fraction of sp³-hybridized carbons (Fsp3) is 0.500. The summed E-state index contributed by atoms with van der Waals surface area (Å²) in [7, 11) is 0. The van der Waals surface area contributed by atoms with Crippen LogP contribution in [0.25, 0.3) is 0 Å². The Kier molecular flexibility index (Phi) is 4.66. The third kappa shape index (κ3) is 3.05. The maximum atomic E-state index is 11.8. The first-order chi connectivity index (χ1) is 8.72. The summed E-state index contributed by atoms with van der Waals surface area (Å²) in [6.07, 6.45) is 0.266. The minimum absolute atomic E-state index is 0.0620. The molecule has 2 heterocycles. The number of carbonyl (C=O) groups excluding carboxylic acids is 2. The molecule has 1 aromatic heterocycles. The Hall–Kier alpha value is -1.01. The summed E-state index contributed by atoms with van der Waals surface area (Å²) >= 11 is 3.26. The molecule has 1 aliphatic heterocycles. The first kappa shape index (κ1) is 13.4. The van der Waals surface area contributed by atoms with E-state index in [0.717, 1.165) is 4.88 Å². The Morgan fingerprint density at radius 2 is 2.44 bits per heavy atom. The molecule has 4 nitrogen and oxygen atoms in total. The Morgan fingerprint density at radius 3 is 3.11 bits per heavy atom. The van der Waals surface area contributed by atoms with E-state index in [9.17, 15) is 9.59 Å². The molecule has 0 spiro atoms. The van der Waals surface area contributed by atoms with E-state index < -0.39 is 0 Å². The van der Waals surface area contributed by atoms with Crippen LogP contribution in [0, 0.1) is 0 Å². The number of thiophene rings is 1. The maximum Gasteiger partial charge on any atom is 0.307 e. The van der Waals surface area contributed by atoms with Crippen LogP contribution in [-0.4, -0.2) is 35.7 Å². The standard InChI is InChI=1S/C12H15NO3S2/c1-2-16-11(15)5-6-13-10(14)8-18-12(13)9-4-3-7-17-9/h3-4,7,12H,2,5-6,8H2,1H3. The van der Waals surface area contributed by atoms with Crippen molar-refractivity contribution < 1.29 is 14.3 Å². The van der Waals surface area contributed by atoms with Crippen molar-refractivity contribution in [3.63, 3.8) is 0 Å². The smallest absolute Gasteiger partial charge is 0.307 e. The molecule has 98 valence electrons. The molecule has 1 aliphatic rings. The molecule has 0 radical (unpaired) electrons. The molecule has 6 heteroatoms. The normalized spacial score (nSPS) is 19.3. The predicted octanol–water partition coefficient (Wildman–Crippen LogP) is 2.28. The van der Waals surface area contributed by atoms with E-state index in [-0.39, 0.29) is 23.7 Å². The summed E-state index contributed by atoms with van der Waals surface area (Å²) in [4.78, 5) is 26.1. The van der Waals surface area contributed by atoms with Gasteiger partial charge in [0.2, 0.25) is 5.91 Å². The molecule has 0 saturated carbocycles. The van der Waals surface area contributed by atoms with Crippen LogP contribution in [0.15, 0.2) is 17.5 Å². The van der Waals surface area contributed by atoms with E-state index in [0.29, 0.717) is 18.9 Å². The second kappa shape index (κ2) is 6.24. The van der Waals surface area contributed by atoms with Gasteiger partial charge in [0, 0.05) is 11.4 Å². The number of hydrogen-bond acceptors (Lipinski definition) is 5. The van der Waals surface area contributed by atoms with Gasteiger partial charge in [0.1, 0.15) is 5.37 Å². The highest BCUT2D eigenvalue weighted by molar-refractivity contribution is 8.00. The summed E-state index contributed by atoms with van der Waals surface area (Å²) in [5.74, 6) is 0.348. The fourth-order valence-electron chi connectivity index (χ4n) is 1.81. The van der Waals surface area contributed by atoms with Crippen molar-refractivity contribution in [1.29, 1.82) is 0 Å². The minimum atomic E-state index is -0.243. The molecule has 18 heavy (non-hydrogen) atoms. The zero-order chi connectivity index (χ0) is 13.0. The molecule has 0 aliphatic carbocycles. The first-order valence-electron chi connectivity index (χ1n) is 5.82. The first-order valence-corrected chi connectivity index (χ1v) is 7.75. The maximum absolute atomic E-state index is 11.8. The number of amides is 1. The van der Waals surface area contributed by atoms with E-state index in [1.165, 1.54) is 0 Å². The fourth-order valence-corrected chi connectivity index (χ4v) is 4.01. The molecule has 1 unspecified atom stereocenters. The van der Waals surface area contributed by atoms with Gasteiger partial charge in [-0.2, -0.15) is 0 Å². The van der Waals surface area contributed by atoms with Gasteiger partial charge in [-0.25, -0.2) is 0 Å². The number of carbonyl (C=O) groups is 2. The summed E-state index contributed by atoms with van der Waals surface area (Å²) in [5, 5.41) is 2.06. The second-order valence-corrected chi connectivity index (χ2v) is 5.87. The number of hydrogen-bond donors (Lipinski definition) is 0. The lowest BCUT2D eigenvalue weighted by molar-refractivity contribution is -0.143. The van der Waals surface area contributed by atoms with Gasteiger partial charge in [0.05, 0.1) is 18.8 Å². The molecular formula is C12H15NO3S2. The van der Waals surface area contributed by atoms with Crippen LogP contribution in [0.1, 0.15) is 23.6 Å². The third-order valence-electron chi connectivity index (χ3n) is 2.62. The van der Waals surface area contributed by atoms with Crippen LogP contribution < -0.4 is 0 Å². The van der Waals surface area contributed by atoms with Crippen molar-refractivity contribution in [3.8, 4) is 0 Å². The number of esters is 1. The zero-order valence-corrected chi connectivity index (χ0v) is 11.8. The Labute approximate surface area is 114 Å². The molecule has 1 atom stereocenters. The van der Waals surface area contributed by atoms with Gasteiger partial charge in [-0.05, 0) is 18.4 Å². The number of nitrogens with zero attached hydrogens (tertiary/aromatic N) is 1. The summed E-state index contributed by atoms with van der Waals surface area (Å²) in [6.45, 7) is 2.60. The van der Waals surface area contributed by atoms with Crippen LogP contribution in [0.5, 0.6) is 0 Å². The van der Waals surface area contributed by atoms with Gasteiger partial charge in [-0.15, -0.1) is 23.1 Å². The van der Waals surface area contributed by atoms with Crippen molar-refractivity contribution in [1.82, 2.24) is 4.90 Å². The Balaban J connectivity index is 1.96. The second-order valence-electron chi connectivity index (χ2n) is 3.82. The van der Waals surface area contributed by atoms with E-state index in [1.807, 2.05) is 17.5 Å². The average molecular weight is 285 g/mol. The van der Waals surface area contributed by atoms with Crippen molar-refractivity contribution >= 4 is 35.0 Å². The lowest BCUT2D eigenvalue weighted by Gasteiger charge is -2.22. The molecule has 1 fully saturated rings. The van der Waals surface area contributed by atoms with Gasteiger partial charge < -0.3 is 9.64 Å². The minimum Gasteiger partial charge on any atom is -0.466 e. The van der Waals surface area contributed by atoms with Gasteiger partial charge in [-0.1, -0.05) is 6.07 Å². The molecule has 0 N–H and O–H groups in total. The van der Waals surface area contributed by atoms with E-state index in [1.54, 1.807) is 34.9 Å². The summed E-state index contributed by atoms with van der Waals surface area (Å²) < 4.78 is 4.88. The third-order valence-corrected chi connectivity index (χ3v) is 4.93. The summed E-state index contributed by atoms with van der Waals surface area (Å²) in [6, 6.07) is 4.01. The highest BCUT2D eigenvalue weighted by atomic mass is 32.2. The topological polar surface area (TPSA) is 46.6 Å². The molecule has 1 amide bonds. The lowest BCUT2D eigenvalue weighted by Crippen LogP contribution is -2.30. The number of thioether (sulfide) groups is 1. The van der Waals surface area contributed by atoms with Crippen LogP contribution in [-0.2, 0) is 14.3 Å². The van der Waals surface area contributed by atoms with Crippen LogP contribution in [0.2, 0.25) is 0 Å². The highest BCUT2D eigenvalue weighted by Crippen LogP contribution is 2.40. The predicted molar refractivity (Wildman–Crippen MR) is 72.5 cm³/mol. The van der Waals surface area contributed by atoms with E-state index >= 15 is 0 Å². The van der Waals surface area contributed by atoms with Crippen LogP contribution in [0.4, 0.5) is 0 Å². The quantitative estimate of drug-likeness (QED) is 0.779. The average Bonchev–Trinajstić information content (AvgIpc) is 2.96. The van der Waals surface area contributed by atoms with Gasteiger partial charge in [0.15, 0.2) is 0 Å². The summed E-state index contributed by atoms with van der Waals surface area (Å²) in [5.41, 5.74) is 0. The van der Waals surface area contributed by atoms with Crippen LogP contribution in [0.3, 0.4) is 0 Å². The van der Waals surface area contributed by atoms with Gasteiger partial charge in [-0.3, -0.25) is 9.59 Å². The lowest BCUT2D eigenvalue weighted by atomic mass is 10.3. The zero-order valence-electron chi connectivity index (χ0n) is 10.1. The van der Waals surface area contributed by atoms with Gasteiger partial charge in [0.25, 0.3) is 0 Å². The molecule has 2 rings (SSSR count). The molecule has 1 saturated heterocycles.